The zero-order valence-electron chi connectivity index (χ0n) is 15.2. The van der Waals surface area contributed by atoms with E-state index in [2.05, 4.69) is 41.0 Å². The summed E-state index contributed by atoms with van der Waals surface area (Å²) >= 11 is 0. The van der Waals surface area contributed by atoms with Crippen molar-refractivity contribution < 1.29 is 4.79 Å². The Morgan fingerprint density at radius 1 is 1.04 bits per heavy atom. The van der Waals surface area contributed by atoms with E-state index in [9.17, 15) is 4.79 Å². The first kappa shape index (κ1) is 20.5. The van der Waals surface area contributed by atoms with Crippen LogP contribution in [0.3, 0.4) is 0 Å². The maximum absolute atomic E-state index is 12.6. The Balaban J connectivity index is 0.00000243. The largest absolute Gasteiger partial charge is 0.352 e. The molecule has 2 aromatic carbocycles. The standard InChI is InChI=1S/C22H28N2O.ClH/c25-22(24-16-14-19-9-6-15-23-17-19)21-11-5-4-10-20(21)13-12-18-7-2-1-3-8-18;/h1-5,7-8,10-11,19,23H,6,9,12-17H2,(H,24,25);1H. The third-order valence-electron chi connectivity index (χ3n) is 5.02. The fourth-order valence-electron chi connectivity index (χ4n) is 3.54. The van der Waals surface area contributed by atoms with Gasteiger partial charge >= 0.3 is 0 Å². The van der Waals surface area contributed by atoms with Crippen LogP contribution in [0, 0.1) is 5.92 Å². The Bertz CT molecular complexity index is 669. The van der Waals surface area contributed by atoms with Gasteiger partial charge in [0.2, 0.25) is 0 Å². The van der Waals surface area contributed by atoms with Crippen molar-refractivity contribution in [2.24, 2.45) is 5.92 Å². The summed E-state index contributed by atoms with van der Waals surface area (Å²) in [6, 6.07) is 18.4. The minimum atomic E-state index is 0. The molecule has 1 atom stereocenters. The van der Waals surface area contributed by atoms with Gasteiger partial charge in [-0.1, -0.05) is 48.5 Å². The lowest BCUT2D eigenvalue weighted by molar-refractivity contribution is 0.0949. The van der Waals surface area contributed by atoms with Crippen LogP contribution in [0.2, 0.25) is 0 Å². The lowest BCUT2D eigenvalue weighted by atomic mass is 9.96. The zero-order chi connectivity index (χ0) is 17.3. The van der Waals surface area contributed by atoms with Crippen molar-refractivity contribution in [3.05, 3.63) is 71.3 Å². The van der Waals surface area contributed by atoms with E-state index < -0.39 is 0 Å². The number of carbonyl (C=O) groups excluding carboxylic acids is 1. The molecule has 2 N–H and O–H groups in total. The molecule has 0 spiro atoms. The molecule has 1 aliphatic rings. The molecule has 0 saturated carbocycles. The van der Waals surface area contributed by atoms with Gasteiger partial charge in [0.25, 0.3) is 5.91 Å². The molecule has 0 radical (unpaired) electrons. The van der Waals surface area contributed by atoms with Gasteiger partial charge in [-0.15, -0.1) is 12.4 Å². The lowest BCUT2D eigenvalue weighted by Crippen LogP contribution is -2.33. The predicted octanol–water partition coefficient (Wildman–Crippen LogP) is 4.01. The molecule has 0 aromatic heterocycles. The molecule has 26 heavy (non-hydrogen) atoms. The maximum Gasteiger partial charge on any atom is 0.251 e. The molecule has 0 aliphatic carbocycles. The highest BCUT2D eigenvalue weighted by molar-refractivity contribution is 5.95. The Kier molecular flexibility index (Phi) is 8.66. The summed E-state index contributed by atoms with van der Waals surface area (Å²) in [5.74, 6) is 0.759. The van der Waals surface area contributed by atoms with Gasteiger partial charge in [-0.05, 0) is 68.3 Å². The van der Waals surface area contributed by atoms with E-state index in [1.54, 1.807) is 0 Å². The average Bonchev–Trinajstić information content (AvgIpc) is 2.68. The van der Waals surface area contributed by atoms with E-state index >= 15 is 0 Å². The number of aryl methyl sites for hydroxylation is 2. The Morgan fingerprint density at radius 3 is 2.58 bits per heavy atom. The van der Waals surface area contributed by atoms with Crippen molar-refractivity contribution in [3.8, 4) is 0 Å². The van der Waals surface area contributed by atoms with E-state index in [0.29, 0.717) is 5.92 Å². The number of nitrogens with one attached hydrogen (secondary N) is 2. The Labute approximate surface area is 163 Å². The molecule has 140 valence electrons. The van der Waals surface area contributed by atoms with Gasteiger partial charge in [0.05, 0.1) is 0 Å². The molecule has 4 heteroatoms. The van der Waals surface area contributed by atoms with Gasteiger partial charge in [0.15, 0.2) is 0 Å². The van der Waals surface area contributed by atoms with Crippen molar-refractivity contribution in [2.75, 3.05) is 19.6 Å². The predicted molar refractivity (Wildman–Crippen MR) is 110 cm³/mol. The minimum Gasteiger partial charge on any atom is -0.352 e. The van der Waals surface area contributed by atoms with E-state index in [1.807, 2.05) is 24.3 Å². The second kappa shape index (κ2) is 11.0. The molecular formula is C22H29ClN2O. The van der Waals surface area contributed by atoms with E-state index in [0.717, 1.165) is 50.0 Å². The number of hydrogen-bond donors (Lipinski definition) is 2. The molecule has 1 fully saturated rings. The first-order valence-corrected chi connectivity index (χ1v) is 9.43. The molecule has 1 heterocycles. The van der Waals surface area contributed by atoms with E-state index in [4.69, 9.17) is 0 Å². The van der Waals surface area contributed by atoms with Crippen LogP contribution in [0.25, 0.3) is 0 Å². The van der Waals surface area contributed by atoms with Crippen LogP contribution >= 0.6 is 12.4 Å². The number of amides is 1. The lowest BCUT2D eigenvalue weighted by Gasteiger charge is -2.22. The molecule has 0 bridgehead atoms. The fraction of sp³-hybridized carbons (Fsp3) is 0.409. The van der Waals surface area contributed by atoms with Crippen LogP contribution < -0.4 is 10.6 Å². The quantitative estimate of drug-likeness (QED) is 0.770. The third-order valence-corrected chi connectivity index (χ3v) is 5.02. The molecule has 1 aliphatic heterocycles. The van der Waals surface area contributed by atoms with Gasteiger partial charge in [-0.3, -0.25) is 4.79 Å². The van der Waals surface area contributed by atoms with Crippen LogP contribution in [0.15, 0.2) is 54.6 Å². The molecule has 1 saturated heterocycles. The van der Waals surface area contributed by atoms with Crippen LogP contribution in [-0.4, -0.2) is 25.5 Å². The zero-order valence-corrected chi connectivity index (χ0v) is 16.1. The maximum atomic E-state index is 12.6. The van der Waals surface area contributed by atoms with Crippen molar-refractivity contribution >= 4 is 18.3 Å². The van der Waals surface area contributed by atoms with Gasteiger partial charge < -0.3 is 10.6 Å². The Morgan fingerprint density at radius 2 is 1.81 bits per heavy atom. The van der Waals surface area contributed by atoms with Crippen molar-refractivity contribution in [1.82, 2.24) is 10.6 Å². The highest BCUT2D eigenvalue weighted by Gasteiger charge is 2.14. The van der Waals surface area contributed by atoms with Crippen LogP contribution in [0.4, 0.5) is 0 Å². The van der Waals surface area contributed by atoms with Crippen molar-refractivity contribution in [1.29, 1.82) is 0 Å². The summed E-state index contributed by atoms with van der Waals surface area (Å²) in [4.78, 5) is 12.6. The summed E-state index contributed by atoms with van der Waals surface area (Å²) in [6.45, 7) is 2.99. The van der Waals surface area contributed by atoms with E-state index in [1.165, 1.54) is 18.4 Å². The van der Waals surface area contributed by atoms with Gasteiger partial charge in [0, 0.05) is 12.1 Å². The smallest absolute Gasteiger partial charge is 0.251 e. The fourth-order valence-corrected chi connectivity index (χ4v) is 3.54. The second-order valence-corrected chi connectivity index (χ2v) is 6.90. The number of carbonyl (C=O) groups is 1. The van der Waals surface area contributed by atoms with Crippen LogP contribution in [0.1, 0.15) is 40.7 Å². The molecular weight excluding hydrogens is 344 g/mol. The normalized spacial score (nSPS) is 16.5. The summed E-state index contributed by atoms with van der Waals surface area (Å²) < 4.78 is 0. The summed E-state index contributed by atoms with van der Waals surface area (Å²) in [7, 11) is 0. The minimum absolute atomic E-state index is 0. The third kappa shape index (κ3) is 6.15. The number of benzene rings is 2. The first-order chi connectivity index (χ1) is 12.3. The Hall–Kier alpha value is -1.84. The average molecular weight is 373 g/mol. The molecule has 3 rings (SSSR count). The molecule has 1 amide bonds. The number of rotatable bonds is 7. The number of hydrogen-bond acceptors (Lipinski definition) is 2. The van der Waals surface area contributed by atoms with Crippen molar-refractivity contribution in [2.45, 2.75) is 32.1 Å². The topological polar surface area (TPSA) is 41.1 Å². The first-order valence-electron chi connectivity index (χ1n) is 9.43. The van der Waals surface area contributed by atoms with E-state index in [-0.39, 0.29) is 18.3 Å². The molecule has 2 aromatic rings. The SMILES string of the molecule is Cl.O=C(NCCC1CCCNC1)c1ccccc1CCc1ccccc1. The summed E-state index contributed by atoms with van der Waals surface area (Å²) in [6.07, 6.45) is 5.43. The number of halogens is 1. The monoisotopic (exact) mass is 372 g/mol. The highest BCUT2D eigenvalue weighted by atomic mass is 35.5. The summed E-state index contributed by atoms with van der Waals surface area (Å²) in [5.41, 5.74) is 3.26. The van der Waals surface area contributed by atoms with Gasteiger partial charge in [0.1, 0.15) is 0 Å². The number of piperidine rings is 1. The van der Waals surface area contributed by atoms with Gasteiger partial charge in [-0.2, -0.15) is 0 Å². The van der Waals surface area contributed by atoms with Crippen LogP contribution in [0.5, 0.6) is 0 Å². The van der Waals surface area contributed by atoms with Crippen LogP contribution in [-0.2, 0) is 12.8 Å². The van der Waals surface area contributed by atoms with Crippen molar-refractivity contribution in [3.63, 3.8) is 0 Å². The second-order valence-electron chi connectivity index (χ2n) is 6.90. The van der Waals surface area contributed by atoms with Gasteiger partial charge in [-0.25, -0.2) is 0 Å². The summed E-state index contributed by atoms with van der Waals surface area (Å²) in [5, 5.41) is 6.55. The molecule has 1 unspecified atom stereocenters. The highest BCUT2D eigenvalue weighted by Crippen LogP contribution is 2.15. The molecule has 3 nitrogen and oxygen atoms in total.